The van der Waals surface area contributed by atoms with Crippen LogP contribution in [0, 0.1) is 12.8 Å². The van der Waals surface area contributed by atoms with E-state index in [1.165, 1.54) is 0 Å². The van der Waals surface area contributed by atoms with Crippen LogP contribution in [0.3, 0.4) is 0 Å². The molecule has 1 aromatic rings. The number of carbonyl (C=O) groups is 2. The molecule has 4 nitrogen and oxygen atoms in total. The lowest BCUT2D eigenvalue weighted by molar-refractivity contribution is -0.137. The summed E-state index contributed by atoms with van der Waals surface area (Å²) < 4.78 is 0. The Bertz CT molecular complexity index is 530. The summed E-state index contributed by atoms with van der Waals surface area (Å²) in [5, 5.41) is 9.20. The van der Waals surface area contributed by atoms with Crippen LogP contribution in [0.5, 0.6) is 0 Å². The van der Waals surface area contributed by atoms with Crippen molar-refractivity contribution in [2.24, 2.45) is 5.92 Å². The van der Waals surface area contributed by atoms with Gasteiger partial charge in [0.25, 0.3) is 5.91 Å². The van der Waals surface area contributed by atoms with Crippen LogP contribution in [0.25, 0.3) is 0 Å². The lowest BCUT2D eigenvalue weighted by atomic mass is 10.0. The Kier molecular flexibility index (Phi) is 4.65. The van der Waals surface area contributed by atoms with Gasteiger partial charge in [0.15, 0.2) is 0 Å². The summed E-state index contributed by atoms with van der Waals surface area (Å²) in [5.74, 6) is -0.563. The first kappa shape index (κ1) is 14.9. The monoisotopic (exact) mass is 295 g/mol. The lowest BCUT2D eigenvalue weighted by Crippen LogP contribution is -2.29. The van der Waals surface area contributed by atoms with E-state index in [1.54, 1.807) is 11.0 Å². The zero-order valence-corrected chi connectivity index (χ0v) is 12.2. The lowest BCUT2D eigenvalue weighted by Gasteiger charge is -2.17. The second-order valence-corrected chi connectivity index (χ2v) is 5.65. The van der Waals surface area contributed by atoms with Gasteiger partial charge in [0, 0.05) is 19.5 Å². The molecule has 1 aliphatic rings. The number of hydrogen-bond donors (Lipinski definition) is 1. The molecule has 1 N–H and O–H groups in total. The highest BCUT2D eigenvalue weighted by Gasteiger charge is 2.28. The van der Waals surface area contributed by atoms with E-state index < -0.39 is 5.97 Å². The van der Waals surface area contributed by atoms with Crippen LogP contribution in [0.1, 0.15) is 35.2 Å². The number of aryl methyl sites for hydroxylation is 1. The van der Waals surface area contributed by atoms with Crippen molar-refractivity contribution in [3.63, 3.8) is 0 Å². The van der Waals surface area contributed by atoms with Crippen LogP contribution in [-0.4, -0.2) is 35.0 Å². The first-order valence-electron chi connectivity index (χ1n) is 6.75. The van der Waals surface area contributed by atoms with Crippen molar-refractivity contribution in [1.29, 1.82) is 0 Å². The van der Waals surface area contributed by atoms with Gasteiger partial charge in [0.05, 0.1) is 10.6 Å². The summed E-state index contributed by atoms with van der Waals surface area (Å²) in [4.78, 5) is 24.8. The van der Waals surface area contributed by atoms with Gasteiger partial charge in [0.1, 0.15) is 0 Å². The SMILES string of the molecule is Cc1cccc(C(=O)N2CCC(CCC(=O)O)C2)c1Cl. The van der Waals surface area contributed by atoms with Gasteiger partial charge in [-0.3, -0.25) is 9.59 Å². The van der Waals surface area contributed by atoms with E-state index in [0.717, 1.165) is 12.0 Å². The normalized spacial score (nSPS) is 18.3. The van der Waals surface area contributed by atoms with Gasteiger partial charge in [-0.25, -0.2) is 0 Å². The van der Waals surface area contributed by atoms with E-state index in [9.17, 15) is 9.59 Å². The number of aliphatic carboxylic acids is 1. The second-order valence-electron chi connectivity index (χ2n) is 5.27. The first-order valence-corrected chi connectivity index (χ1v) is 7.13. The topological polar surface area (TPSA) is 57.6 Å². The average Bonchev–Trinajstić information content (AvgIpc) is 2.87. The van der Waals surface area contributed by atoms with Crippen LogP contribution in [0.2, 0.25) is 5.02 Å². The third-order valence-corrected chi connectivity index (χ3v) is 4.26. The molecule has 1 saturated heterocycles. The van der Waals surface area contributed by atoms with Gasteiger partial charge < -0.3 is 10.0 Å². The van der Waals surface area contributed by atoms with Gasteiger partial charge in [-0.1, -0.05) is 23.7 Å². The molecule has 0 saturated carbocycles. The standard InChI is InChI=1S/C15H18ClNO3/c1-10-3-2-4-12(14(10)16)15(20)17-8-7-11(9-17)5-6-13(18)19/h2-4,11H,5-9H2,1H3,(H,18,19). The molecule has 1 heterocycles. The van der Waals surface area contributed by atoms with E-state index in [1.807, 2.05) is 19.1 Å². The number of carboxylic acids is 1. The fraction of sp³-hybridized carbons (Fsp3) is 0.467. The summed E-state index contributed by atoms with van der Waals surface area (Å²) in [6.45, 7) is 3.17. The molecule has 108 valence electrons. The summed E-state index contributed by atoms with van der Waals surface area (Å²) in [6, 6.07) is 5.44. The molecule has 1 aromatic carbocycles. The van der Waals surface area contributed by atoms with Gasteiger partial charge in [0.2, 0.25) is 0 Å². The van der Waals surface area contributed by atoms with E-state index >= 15 is 0 Å². The smallest absolute Gasteiger partial charge is 0.303 e. The second kappa shape index (κ2) is 6.27. The van der Waals surface area contributed by atoms with Crippen LogP contribution >= 0.6 is 11.6 Å². The third-order valence-electron chi connectivity index (χ3n) is 3.76. The maximum atomic E-state index is 12.4. The Balaban J connectivity index is 2.01. The summed E-state index contributed by atoms with van der Waals surface area (Å²) in [6.07, 6.45) is 1.65. The quantitative estimate of drug-likeness (QED) is 0.929. The highest BCUT2D eigenvalue weighted by Crippen LogP contribution is 2.26. The molecule has 0 aromatic heterocycles. The zero-order chi connectivity index (χ0) is 14.7. The zero-order valence-electron chi connectivity index (χ0n) is 11.4. The van der Waals surface area contributed by atoms with E-state index in [0.29, 0.717) is 30.1 Å². The number of benzene rings is 1. The minimum atomic E-state index is -0.781. The molecule has 1 amide bonds. The molecule has 1 aliphatic heterocycles. The number of rotatable bonds is 4. The minimum absolute atomic E-state index is 0.0588. The molecular weight excluding hydrogens is 278 g/mol. The number of hydrogen-bond acceptors (Lipinski definition) is 2. The fourth-order valence-electron chi connectivity index (χ4n) is 2.56. The Morgan fingerprint density at radius 2 is 2.20 bits per heavy atom. The first-order chi connectivity index (χ1) is 9.49. The van der Waals surface area contributed by atoms with Crippen molar-refractivity contribution in [2.45, 2.75) is 26.2 Å². The number of likely N-dealkylation sites (tertiary alicyclic amines) is 1. The number of amides is 1. The van der Waals surface area contributed by atoms with Crippen LogP contribution < -0.4 is 0 Å². The van der Waals surface area contributed by atoms with Crippen molar-refractivity contribution in [3.05, 3.63) is 34.3 Å². The van der Waals surface area contributed by atoms with Crippen molar-refractivity contribution < 1.29 is 14.7 Å². The molecule has 0 spiro atoms. The predicted octanol–water partition coefficient (Wildman–Crippen LogP) is 2.98. The largest absolute Gasteiger partial charge is 0.481 e. The van der Waals surface area contributed by atoms with E-state index in [-0.39, 0.29) is 18.2 Å². The number of carbonyl (C=O) groups excluding carboxylic acids is 1. The molecule has 1 atom stereocenters. The number of carboxylic acid groups (broad SMARTS) is 1. The molecule has 0 aliphatic carbocycles. The van der Waals surface area contributed by atoms with Crippen molar-refractivity contribution in [3.8, 4) is 0 Å². The maximum absolute atomic E-state index is 12.4. The molecule has 5 heteroatoms. The van der Waals surface area contributed by atoms with Crippen LogP contribution in [-0.2, 0) is 4.79 Å². The number of nitrogens with zero attached hydrogens (tertiary/aromatic N) is 1. The Morgan fingerprint density at radius 3 is 2.90 bits per heavy atom. The van der Waals surface area contributed by atoms with Crippen LogP contribution in [0.4, 0.5) is 0 Å². The molecular formula is C15H18ClNO3. The predicted molar refractivity (Wildman–Crippen MR) is 77.1 cm³/mol. The molecule has 0 bridgehead atoms. The Labute approximate surface area is 123 Å². The van der Waals surface area contributed by atoms with E-state index in [2.05, 4.69) is 0 Å². The van der Waals surface area contributed by atoms with E-state index in [4.69, 9.17) is 16.7 Å². The van der Waals surface area contributed by atoms with Gasteiger partial charge in [-0.15, -0.1) is 0 Å². The maximum Gasteiger partial charge on any atom is 0.303 e. The minimum Gasteiger partial charge on any atom is -0.481 e. The van der Waals surface area contributed by atoms with Crippen molar-refractivity contribution >= 4 is 23.5 Å². The highest BCUT2D eigenvalue weighted by atomic mass is 35.5. The molecule has 2 rings (SSSR count). The number of halogens is 1. The van der Waals surface area contributed by atoms with Gasteiger partial charge in [-0.05, 0) is 37.3 Å². The molecule has 0 radical (unpaired) electrons. The summed E-state index contributed by atoms with van der Waals surface area (Å²) >= 11 is 6.18. The average molecular weight is 296 g/mol. The van der Waals surface area contributed by atoms with Crippen molar-refractivity contribution in [1.82, 2.24) is 4.90 Å². The summed E-state index contributed by atoms with van der Waals surface area (Å²) in [5.41, 5.74) is 1.42. The summed E-state index contributed by atoms with van der Waals surface area (Å²) in [7, 11) is 0. The molecule has 1 unspecified atom stereocenters. The van der Waals surface area contributed by atoms with Crippen molar-refractivity contribution in [2.75, 3.05) is 13.1 Å². The van der Waals surface area contributed by atoms with Crippen LogP contribution in [0.15, 0.2) is 18.2 Å². The van der Waals surface area contributed by atoms with Gasteiger partial charge in [-0.2, -0.15) is 0 Å². The van der Waals surface area contributed by atoms with Gasteiger partial charge >= 0.3 is 5.97 Å². The Morgan fingerprint density at radius 1 is 1.45 bits per heavy atom. The third kappa shape index (κ3) is 3.31. The highest BCUT2D eigenvalue weighted by molar-refractivity contribution is 6.34. The molecule has 1 fully saturated rings. The molecule has 20 heavy (non-hydrogen) atoms. The fourth-order valence-corrected chi connectivity index (χ4v) is 2.77. The Hall–Kier alpha value is -1.55.